The summed E-state index contributed by atoms with van der Waals surface area (Å²) in [6, 6.07) is 2.03. The van der Waals surface area contributed by atoms with Crippen molar-refractivity contribution in [3.8, 4) is 11.5 Å². The lowest BCUT2D eigenvalue weighted by atomic mass is 10.1. The Labute approximate surface area is 128 Å². The highest BCUT2D eigenvalue weighted by Crippen LogP contribution is 2.36. The molecule has 0 amide bonds. The molecule has 0 unspecified atom stereocenters. The van der Waals surface area contributed by atoms with Crippen molar-refractivity contribution < 1.29 is 19.9 Å². The maximum atomic E-state index is 12.0. The van der Waals surface area contributed by atoms with Crippen LogP contribution in [0.25, 0.3) is 0 Å². The Kier molecular flexibility index (Phi) is 7.69. The van der Waals surface area contributed by atoms with Crippen LogP contribution in [-0.4, -0.2) is 45.5 Å². The number of rotatable bonds is 7. The minimum absolute atomic E-state index is 0. The third-order valence-corrected chi connectivity index (χ3v) is 3.14. The second-order valence-corrected chi connectivity index (χ2v) is 4.32. The maximum absolute atomic E-state index is 12.0. The van der Waals surface area contributed by atoms with E-state index in [2.05, 4.69) is 0 Å². The molecule has 7 nitrogen and oxygen atoms in total. The minimum atomic E-state index is -0.837. The number of aromatic hydroxyl groups is 2. The Hall–Kier alpha value is -1.86. The van der Waals surface area contributed by atoms with E-state index in [1.165, 1.54) is 0 Å². The van der Waals surface area contributed by atoms with Gasteiger partial charge in [0.2, 0.25) is 5.75 Å². The molecule has 0 spiro atoms. The molecule has 118 valence electrons. The molecule has 0 aliphatic carbocycles. The average molecular weight is 319 g/mol. The van der Waals surface area contributed by atoms with Crippen LogP contribution in [-0.2, 0) is 0 Å². The topological polar surface area (TPSA) is 104 Å². The van der Waals surface area contributed by atoms with E-state index in [4.69, 9.17) is 0 Å². The third-order valence-electron chi connectivity index (χ3n) is 3.14. The number of halogens is 1. The quantitative estimate of drug-likeness (QED) is 0.346. The van der Waals surface area contributed by atoms with Gasteiger partial charge in [0.1, 0.15) is 0 Å². The number of Topliss-reactive ketones (excluding diaryl/α,β-unsaturated/α-hetero) is 1. The first-order valence-electron chi connectivity index (χ1n) is 6.36. The molecule has 0 heterocycles. The van der Waals surface area contributed by atoms with E-state index in [-0.39, 0.29) is 30.2 Å². The van der Waals surface area contributed by atoms with E-state index < -0.39 is 22.1 Å². The zero-order valence-corrected chi connectivity index (χ0v) is 12.7. The van der Waals surface area contributed by atoms with E-state index in [1.807, 2.05) is 18.7 Å². The van der Waals surface area contributed by atoms with Gasteiger partial charge in [-0.1, -0.05) is 13.8 Å². The first kappa shape index (κ1) is 19.1. The van der Waals surface area contributed by atoms with Crippen molar-refractivity contribution in [2.75, 3.05) is 19.6 Å². The Morgan fingerprint density at radius 3 is 2.33 bits per heavy atom. The molecule has 1 aromatic rings. The molecule has 21 heavy (non-hydrogen) atoms. The smallest absolute Gasteiger partial charge is 0.315 e. The molecule has 0 bridgehead atoms. The lowest BCUT2D eigenvalue weighted by Gasteiger charge is -2.17. The van der Waals surface area contributed by atoms with Gasteiger partial charge in [-0.3, -0.25) is 14.9 Å². The molecule has 0 saturated heterocycles. The van der Waals surface area contributed by atoms with Crippen LogP contribution < -0.4 is 0 Å². The molecular weight excluding hydrogens is 300 g/mol. The van der Waals surface area contributed by atoms with E-state index in [0.29, 0.717) is 6.54 Å². The Bertz CT molecular complexity index is 518. The summed E-state index contributed by atoms with van der Waals surface area (Å²) in [4.78, 5) is 23.9. The second-order valence-electron chi connectivity index (χ2n) is 4.32. The highest BCUT2D eigenvalue weighted by Gasteiger charge is 2.21. The molecule has 0 atom stereocenters. The number of phenols is 2. The summed E-state index contributed by atoms with van der Waals surface area (Å²) in [6.07, 6.45) is 0.197. The zero-order valence-electron chi connectivity index (χ0n) is 11.9. The van der Waals surface area contributed by atoms with Crippen LogP contribution in [0.15, 0.2) is 12.1 Å². The Balaban J connectivity index is 0.00000400. The van der Waals surface area contributed by atoms with Gasteiger partial charge in [-0.05, 0) is 19.2 Å². The van der Waals surface area contributed by atoms with Crippen LogP contribution in [0, 0.1) is 10.1 Å². The molecule has 0 aliphatic heterocycles. The second kappa shape index (κ2) is 8.43. The van der Waals surface area contributed by atoms with Crippen LogP contribution >= 0.6 is 12.4 Å². The summed E-state index contributed by atoms with van der Waals surface area (Å²) < 4.78 is 0. The van der Waals surface area contributed by atoms with Crippen molar-refractivity contribution in [3.05, 3.63) is 27.8 Å². The lowest BCUT2D eigenvalue weighted by molar-refractivity contribution is -0.386. The molecular formula is C13H19ClN2O5. The van der Waals surface area contributed by atoms with Crippen LogP contribution in [0.4, 0.5) is 5.69 Å². The van der Waals surface area contributed by atoms with Gasteiger partial charge in [0.15, 0.2) is 11.5 Å². The fraction of sp³-hybridized carbons (Fsp3) is 0.462. The summed E-state index contributed by atoms with van der Waals surface area (Å²) in [5, 5.41) is 29.5. The number of ketones is 1. The molecule has 1 rings (SSSR count). The van der Waals surface area contributed by atoms with E-state index in [1.54, 1.807) is 0 Å². The lowest BCUT2D eigenvalue weighted by Crippen LogP contribution is -2.25. The molecule has 0 saturated carbocycles. The number of nitro groups is 1. The predicted molar refractivity (Wildman–Crippen MR) is 80.4 cm³/mol. The summed E-state index contributed by atoms with van der Waals surface area (Å²) in [5.41, 5.74) is -0.643. The van der Waals surface area contributed by atoms with Crippen molar-refractivity contribution in [2.24, 2.45) is 0 Å². The van der Waals surface area contributed by atoms with Crippen molar-refractivity contribution >= 4 is 23.9 Å². The van der Waals surface area contributed by atoms with Gasteiger partial charge in [0.05, 0.1) is 4.92 Å². The number of phenolic OH excluding ortho intramolecular Hbond substituents is 2. The third kappa shape index (κ3) is 4.87. The van der Waals surface area contributed by atoms with E-state index in [9.17, 15) is 25.1 Å². The fourth-order valence-corrected chi connectivity index (χ4v) is 1.85. The number of carbonyl (C=O) groups is 1. The molecule has 8 heteroatoms. The van der Waals surface area contributed by atoms with E-state index in [0.717, 1.165) is 25.2 Å². The summed E-state index contributed by atoms with van der Waals surface area (Å²) >= 11 is 0. The Morgan fingerprint density at radius 2 is 1.86 bits per heavy atom. The average Bonchev–Trinajstić information content (AvgIpc) is 2.42. The predicted octanol–water partition coefficient (Wildman–Crippen LogP) is 2.34. The van der Waals surface area contributed by atoms with Crippen LogP contribution in [0.3, 0.4) is 0 Å². The van der Waals surface area contributed by atoms with Gasteiger partial charge >= 0.3 is 5.69 Å². The van der Waals surface area contributed by atoms with Crippen molar-refractivity contribution in [1.29, 1.82) is 0 Å². The number of benzene rings is 1. The number of nitro benzene ring substituents is 1. The van der Waals surface area contributed by atoms with Gasteiger partial charge in [-0.2, -0.15) is 0 Å². The fourth-order valence-electron chi connectivity index (χ4n) is 1.85. The molecule has 0 fully saturated rings. The highest BCUT2D eigenvalue weighted by molar-refractivity contribution is 5.97. The monoisotopic (exact) mass is 318 g/mol. The maximum Gasteiger partial charge on any atom is 0.315 e. The molecule has 1 aromatic carbocycles. The van der Waals surface area contributed by atoms with Gasteiger partial charge in [-0.25, -0.2) is 0 Å². The van der Waals surface area contributed by atoms with Crippen molar-refractivity contribution in [3.63, 3.8) is 0 Å². The summed E-state index contributed by atoms with van der Waals surface area (Å²) in [6.45, 7) is 6.12. The first-order valence-corrected chi connectivity index (χ1v) is 6.36. The van der Waals surface area contributed by atoms with Crippen LogP contribution in [0.2, 0.25) is 0 Å². The number of carbonyl (C=O) groups excluding carboxylic acids is 1. The normalized spacial score (nSPS) is 10.2. The van der Waals surface area contributed by atoms with Gasteiger partial charge in [-0.15, -0.1) is 12.4 Å². The van der Waals surface area contributed by atoms with Crippen LogP contribution in [0.1, 0.15) is 30.6 Å². The minimum Gasteiger partial charge on any atom is -0.504 e. The largest absolute Gasteiger partial charge is 0.504 e. The highest BCUT2D eigenvalue weighted by atomic mass is 35.5. The first-order chi connectivity index (χ1) is 9.40. The standard InChI is InChI=1S/C13H18N2O5.ClH/c1-3-14(4-2)6-5-11(16)9-7-10(15(19)20)13(18)12(17)8-9;/h7-8,17-18H,3-6H2,1-2H3;1H. The SMILES string of the molecule is CCN(CC)CCC(=O)c1cc(O)c(O)c([N+](=O)[O-])c1.Cl. The summed E-state index contributed by atoms with van der Waals surface area (Å²) in [7, 11) is 0. The number of nitrogens with zero attached hydrogens (tertiary/aromatic N) is 2. The summed E-state index contributed by atoms with van der Waals surface area (Å²) in [5.74, 6) is -1.80. The van der Waals surface area contributed by atoms with Gasteiger partial charge in [0.25, 0.3) is 0 Å². The van der Waals surface area contributed by atoms with Crippen molar-refractivity contribution in [2.45, 2.75) is 20.3 Å². The molecule has 2 N–H and O–H groups in total. The molecule has 0 aromatic heterocycles. The molecule has 0 radical (unpaired) electrons. The number of hydrogen-bond acceptors (Lipinski definition) is 6. The molecule has 0 aliphatic rings. The van der Waals surface area contributed by atoms with Gasteiger partial charge < -0.3 is 15.1 Å². The van der Waals surface area contributed by atoms with Crippen LogP contribution in [0.5, 0.6) is 11.5 Å². The number of hydrogen-bond donors (Lipinski definition) is 2. The van der Waals surface area contributed by atoms with Crippen molar-refractivity contribution in [1.82, 2.24) is 4.90 Å². The van der Waals surface area contributed by atoms with Gasteiger partial charge in [0, 0.05) is 24.6 Å². The van der Waals surface area contributed by atoms with E-state index >= 15 is 0 Å². The zero-order chi connectivity index (χ0) is 15.3. The Morgan fingerprint density at radius 1 is 1.29 bits per heavy atom.